The average Bonchev–Trinajstić information content (AvgIpc) is 2.78. The Balaban J connectivity index is 1.49. The van der Waals surface area contributed by atoms with E-state index >= 15 is 0 Å². The van der Waals surface area contributed by atoms with Gasteiger partial charge in [-0.2, -0.15) is 0 Å². The van der Waals surface area contributed by atoms with Gasteiger partial charge in [-0.05, 0) is 36.4 Å². The summed E-state index contributed by atoms with van der Waals surface area (Å²) in [7, 11) is 0. The van der Waals surface area contributed by atoms with Crippen molar-refractivity contribution < 1.29 is 32.2 Å². The molecular weight excluding hydrogens is 443 g/mol. The molecule has 2 heterocycles. The molecule has 1 fully saturated rings. The molecule has 0 radical (unpaired) electrons. The Kier molecular flexibility index (Phi) is 7.93. The molecule has 3 N–H and O–H groups in total. The largest absolute Gasteiger partial charge is 0.573 e. The van der Waals surface area contributed by atoms with Crippen LogP contribution in [0.1, 0.15) is 0 Å². The Labute approximate surface area is 188 Å². The SMILES string of the molecule is NC(=O)COC(=O)NCCN1CCN(c2cccc(-c3ccc(OC(F)(F)F)cc3)n2)CC1. The zero-order chi connectivity index (χ0) is 23.8. The van der Waals surface area contributed by atoms with Gasteiger partial charge in [-0.3, -0.25) is 9.69 Å². The minimum Gasteiger partial charge on any atom is -0.439 e. The molecular formula is C21H24F3N5O4. The van der Waals surface area contributed by atoms with Crippen LogP contribution >= 0.6 is 0 Å². The zero-order valence-electron chi connectivity index (χ0n) is 17.7. The molecule has 3 rings (SSSR count). The summed E-state index contributed by atoms with van der Waals surface area (Å²) in [6.07, 6.45) is -5.42. The van der Waals surface area contributed by atoms with Gasteiger partial charge in [0.05, 0.1) is 5.69 Å². The Morgan fingerprint density at radius 2 is 1.76 bits per heavy atom. The average molecular weight is 467 g/mol. The van der Waals surface area contributed by atoms with Gasteiger partial charge in [0.15, 0.2) is 6.61 Å². The summed E-state index contributed by atoms with van der Waals surface area (Å²) < 4.78 is 45.5. The predicted octanol–water partition coefficient (Wildman–Crippen LogP) is 1.98. The van der Waals surface area contributed by atoms with E-state index in [9.17, 15) is 22.8 Å². The first-order valence-corrected chi connectivity index (χ1v) is 10.2. The predicted molar refractivity (Wildman–Crippen MR) is 114 cm³/mol. The van der Waals surface area contributed by atoms with Crippen molar-refractivity contribution in [3.8, 4) is 17.0 Å². The lowest BCUT2D eigenvalue weighted by Crippen LogP contribution is -2.48. The Morgan fingerprint density at radius 3 is 2.39 bits per heavy atom. The van der Waals surface area contributed by atoms with Gasteiger partial charge in [-0.1, -0.05) is 6.07 Å². The van der Waals surface area contributed by atoms with Gasteiger partial charge in [0, 0.05) is 44.8 Å². The number of amides is 2. The van der Waals surface area contributed by atoms with Crippen LogP contribution in [0.4, 0.5) is 23.8 Å². The second-order valence-corrected chi connectivity index (χ2v) is 7.25. The van der Waals surface area contributed by atoms with Crippen molar-refractivity contribution in [2.75, 3.05) is 50.8 Å². The number of primary amides is 1. The Bertz CT molecular complexity index is 948. The molecule has 1 aromatic carbocycles. The van der Waals surface area contributed by atoms with E-state index in [1.54, 1.807) is 6.07 Å². The molecule has 0 aliphatic carbocycles. The lowest BCUT2D eigenvalue weighted by atomic mass is 10.1. The third-order valence-corrected chi connectivity index (χ3v) is 4.86. The summed E-state index contributed by atoms with van der Waals surface area (Å²) in [6.45, 7) is 3.50. The summed E-state index contributed by atoms with van der Waals surface area (Å²) in [5.41, 5.74) is 6.24. The first kappa shape index (κ1) is 24.1. The van der Waals surface area contributed by atoms with Gasteiger partial charge in [0.25, 0.3) is 5.91 Å². The number of aromatic nitrogens is 1. The molecule has 2 aromatic rings. The molecule has 33 heavy (non-hydrogen) atoms. The molecule has 1 aromatic heterocycles. The van der Waals surface area contributed by atoms with E-state index in [2.05, 4.69) is 29.6 Å². The number of alkyl carbamates (subject to hydrolysis) is 1. The number of alkyl halides is 3. The first-order valence-electron chi connectivity index (χ1n) is 10.2. The summed E-state index contributed by atoms with van der Waals surface area (Å²) in [4.78, 5) is 31.0. The number of nitrogens with zero attached hydrogens (tertiary/aromatic N) is 3. The second kappa shape index (κ2) is 10.9. The van der Waals surface area contributed by atoms with E-state index in [4.69, 9.17) is 5.73 Å². The standard InChI is InChI=1S/C21H24F3N5O4/c22-21(23,24)33-16-6-4-15(5-7-16)17-2-1-3-19(27-17)29-12-10-28(11-13-29)9-8-26-20(31)32-14-18(25)30/h1-7H,8-14H2,(H2,25,30)(H,26,31). The Morgan fingerprint density at radius 1 is 1.06 bits per heavy atom. The maximum absolute atomic E-state index is 12.3. The van der Waals surface area contributed by atoms with Crippen LogP contribution in [0.25, 0.3) is 11.3 Å². The fourth-order valence-corrected chi connectivity index (χ4v) is 3.29. The van der Waals surface area contributed by atoms with Crippen LogP contribution in [0, 0.1) is 0 Å². The summed E-state index contributed by atoms with van der Waals surface area (Å²) in [5, 5.41) is 2.56. The quantitative estimate of drug-likeness (QED) is 0.611. The minimum atomic E-state index is -4.73. The number of piperazine rings is 1. The number of hydrogen-bond donors (Lipinski definition) is 2. The van der Waals surface area contributed by atoms with Gasteiger partial charge in [0.1, 0.15) is 11.6 Å². The number of benzene rings is 1. The summed E-state index contributed by atoms with van der Waals surface area (Å²) in [6, 6.07) is 11.1. The number of carbonyl (C=O) groups is 2. The van der Waals surface area contributed by atoms with Crippen LogP contribution in [0.3, 0.4) is 0 Å². The second-order valence-electron chi connectivity index (χ2n) is 7.25. The van der Waals surface area contributed by atoms with E-state index in [1.807, 2.05) is 12.1 Å². The summed E-state index contributed by atoms with van der Waals surface area (Å²) in [5.74, 6) is -0.225. The monoisotopic (exact) mass is 467 g/mol. The van der Waals surface area contributed by atoms with Gasteiger partial charge >= 0.3 is 12.5 Å². The number of ether oxygens (including phenoxy) is 2. The number of rotatable bonds is 8. The van der Waals surface area contributed by atoms with Crippen LogP contribution in [0.2, 0.25) is 0 Å². The summed E-state index contributed by atoms with van der Waals surface area (Å²) >= 11 is 0. The van der Waals surface area contributed by atoms with Gasteiger partial charge in [0.2, 0.25) is 0 Å². The highest BCUT2D eigenvalue weighted by Gasteiger charge is 2.31. The van der Waals surface area contributed by atoms with E-state index in [0.717, 1.165) is 32.0 Å². The van der Waals surface area contributed by atoms with E-state index in [1.165, 1.54) is 24.3 Å². The molecule has 0 atom stereocenters. The van der Waals surface area contributed by atoms with Crippen molar-refractivity contribution >= 4 is 17.8 Å². The van der Waals surface area contributed by atoms with Gasteiger partial charge < -0.3 is 25.4 Å². The third-order valence-electron chi connectivity index (χ3n) is 4.86. The third kappa shape index (κ3) is 7.83. The van der Waals surface area contributed by atoms with Crippen molar-refractivity contribution in [1.29, 1.82) is 0 Å². The van der Waals surface area contributed by atoms with Crippen LogP contribution < -0.4 is 20.7 Å². The molecule has 1 aliphatic rings. The van der Waals surface area contributed by atoms with E-state index < -0.39 is 25.0 Å². The fourth-order valence-electron chi connectivity index (χ4n) is 3.29. The molecule has 0 bridgehead atoms. The van der Waals surface area contributed by atoms with Crippen molar-refractivity contribution in [2.45, 2.75) is 6.36 Å². The number of nitrogens with one attached hydrogen (secondary N) is 1. The lowest BCUT2D eigenvalue weighted by Gasteiger charge is -2.35. The highest BCUT2D eigenvalue weighted by molar-refractivity contribution is 5.78. The maximum atomic E-state index is 12.3. The molecule has 1 saturated heterocycles. The topological polar surface area (TPSA) is 110 Å². The normalized spacial score (nSPS) is 14.6. The fraction of sp³-hybridized carbons (Fsp3) is 0.381. The van der Waals surface area contributed by atoms with E-state index in [0.29, 0.717) is 24.3 Å². The molecule has 2 amide bonds. The van der Waals surface area contributed by atoms with Crippen molar-refractivity contribution in [1.82, 2.24) is 15.2 Å². The molecule has 0 unspecified atom stereocenters. The number of anilines is 1. The number of nitrogens with two attached hydrogens (primary N) is 1. The molecule has 12 heteroatoms. The van der Waals surface area contributed by atoms with E-state index in [-0.39, 0.29) is 5.75 Å². The molecule has 0 spiro atoms. The molecule has 0 saturated carbocycles. The van der Waals surface area contributed by atoms with Crippen LogP contribution in [-0.4, -0.2) is 74.1 Å². The van der Waals surface area contributed by atoms with Crippen LogP contribution in [0.5, 0.6) is 5.75 Å². The Hall–Kier alpha value is -3.54. The van der Waals surface area contributed by atoms with Crippen LogP contribution in [0.15, 0.2) is 42.5 Å². The molecule has 1 aliphatic heterocycles. The van der Waals surface area contributed by atoms with Crippen LogP contribution in [-0.2, 0) is 9.53 Å². The highest BCUT2D eigenvalue weighted by Crippen LogP contribution is 2.27. The maximum Gasteiger partial charge on any atom is 0.573 e. The highest BCUT2D eigenvalue weighted by atomic mass is 19.4. The first-order chi connectivity index (χ1) is 15.7. The van der Waals surface area contributed by atoms with Gasteiger partial charge in [-0.15, -0.1) is 13.2 Å². The van der Waals surface area contributed by atoms with Crippen molar-refractivity contribution in [3.63, 3.8) is 0 Å². The van der Waals surface area contributed by atoms with Crippen molar-refractivity contribution in [2.24, 2.45) is 5.73 Å². The number of hydrogen-bond acceptors (Lipinski definition) is 7. The number of carbonyl (C=O) groups excluding carboxylic acids is 2. The number of halogens is 3. The number of pyridine rings is 1. The minimum absolute atomic E-state index is 0.283. The molecule has 178 valence electrons. The lowest BCUT2D eigenvalue weighted by molar-refractivity contribution is -0.274. The molecule has 9 nitrogen and oxygen atoms in total. The van der Waals surface area contributed by atoms with Gasteiger partial charge in [-0.25, -0.2) is 9.78 Å². The zero-order valence-corrected chi connectivity index (χ0v) is 17.7. The van der Waals surface area contributed by atoms with Crippen molar-refractivity contribution in [3.05, 3.63) is 42.5 Å². The smallest absolute Gasteiger partial charge is 0.439 e.